The first kappa shape index (κ1) is 87.1. The minimum absolute atomic E-state index is 0.0115. The van der Waals surface area contributed by atoms with Crippen LogP contribution in [-0.4, -0.2) is 266 Å². The Bertz CT molecular complexity index is 3240. The van der Waals surface area contributed by atoms with E-state index < -0.39 is 122 Å². The molecule has 2 aliphatic carbocycles. The first-order valence-electron chi connectivity index (χ1n) is 37.1. The van der Waals surface area contributed by atoms with Crippen LogP contribution in [0.5, 0.6) is 0 Å². The SMILES string of the molecule is CSCCC(NC(=O)CN(CCCCN)C(=O)CN(CCCCN)C(=O)CN(CCc1ccccc1)C(=O)CN(CCc1ccccc1)C(=O)CN(CCCCN)C(=O)CN(CCCCN)C(=O)CN(C(=O)CN(Cc1ccc(S(N)(=O)=O)cc1)C(=O)CNC1CCCCC1)C1CCCCC1)C(=O)O. The summed E-state index contributed by atoms with van der Waals surface area (Å²) in [7, 11) is -4.02. The third kappa shape index (κ3) is 32.4. The highest BCUT2D eigenvalue weighted by Gasteiger charge is 2.35. The topological polar surface area (TPSA) is 405 Å². The summed E-state index contributed by atoms with van der Waals surface area (Å²) in [5.74, 6) is -5.76. The van der Waals surface area contributed by atoms with Crippen molar-refractivity contribution in [3.05, 3.63) is 102 Å². The number of amides is 9. The van der Waals surface area contributed by atoms with E-state index >= 15 is 24.0 Å². The lowest BCUT2D eigenvalue weighted by atomic mass is 9.94. The highest BCUT2D eigenvalue weighted by molar-refractivity contribution is 7.98. The molecule has 5 rings (SSSR count). The molecule has 3 aromatic carbocycles. The second-order valence-electron chi connectivity index (χ2n) is 27.1. The maximum atomic E-state index is 15.2. The Morgan fingerprint density at radius 2 is 0.846 bits per heavy atom. The number of hydrogen-bond acceptors (Lipinski definition) is 18. The fraction of sp³-hybridized carbons (Fsp3) is 0.622. The van der Waals surface area contributed by atoms with Gasteiger partial charge in [0.15, 0.2) is 0 Å². The number of sulfonamides is 1. The van der Waals surface area contributed by atoms with Crippen molar-refractivity contribution >= 4 is 80.9 Å². The van der Waals surface area contributed by atoms with Crippen molar-refractivity contribution in [2.24, 2.45) is 28.1 Å². The molecule has 2 saturated carbocycles. The lowest BCUT2D eigenvalue weighted by Gasteiger charge is -2.37. The molecule has 104 heavy (non-hydrogen) atoms. The zero-order valence-electron chi connectivity index (χ0n) is 61.1. The highest BCUT2D eigenvalue weighted by Crippen LogP contribution is 2.25. The lowest BCUT2D eigenvalue weighted by molar-refractivity contribution is -0.149. The number of nitrogens with two attached hydrogens (primary N) is 5. The third-order valence-electron chi connectivity index (χ3n) is 19.0. The second kappa shape index (κ2) is 48.5. The Morgan fingerprint density at radius 1 is 0.462 bits per heavy atom. The fourth-order valence-corrected chi connectivity index (χ4v) is 13.8. The molecule has 1 unspecified atom stereocenters. The van der Waals surface area contributed by atoms with Gasteiger partial charge in [-0.1, -0.05) is 111 Å². The molecule has 1 atom stereocenters. The summed E-state index contributed by atoms with van der Waals surface area (Å²) in [6.07, 6.45) is 14.9. The van der Waals surface area contributed by atoms with Crippen molar-refractivity contribution in [1.82, 2.24) is 49.8 Å². The van der Waals surface area contributed by atoms with Crippen LogP contribution in [0.1, 0.15) is 139 Å². The number of carbonyl (C=O) groups excluding carboxylic acids is 9. The van der Waals surface area contributed by atoms with Gasteiger partial charge in [-0.05, 0) is 163 Å². The summed E-state index contributed by atoms with van der Waals surface area (Å²) in [6, 6.07) is 23.0. The van der Waals surface area contributed by atoms with Crippen LogP contribution in [0.2, 0.25) is 0 Å². The molecule has 9 amide bonds. The van der Waals surface area contributed by atoms with Gasteiger partial charge < -0.3 is 77.9 Å². The van der Waals surface area contributed by atoms with Crippen molar-refractivity contribution in [1.29, 1.82) is 0 Å². The average Bonchev–Trinajstić information content (AvgIpc) is 0.841. The summed E-state index contributed by atoms with van der Waals surface area (Å²) in [5, 5.41) is 21.2. The number of thioether (sulfide) groups is 1. The lowest BCUT2D eigenvalue weighted by Crippen LogP contribution is -2.54. The van der Waals surface area contributed by atoms with E-state index in [2.05, 4.69) is 10.6 Å². The van der Waals surface area contributed by atoms with E-state index in [9.17, 15) is 37.5 Å². The largest absolute Gasteiger partial charge is 0.480 e. The van der Waals surface area contributed by atoms with Crippen molar-refractivity contribution in [3.8, 4) is 0 Å². The second-order valence-corrected chi connectivity index (χ2v) is 29.6. The van der Waals surface area contributed by atoms with Crippen molar-refractivity contribution < 1.29 is 61.5 Å². The summed E-state index contributed by atoms with van der Waals surface area (Å²) < 4.78 is 24.3. The number of rotatable bonds is 50. The zero-order chi connectivity index (χ0) is 75.7. The summed E-state index contributed by atoms with van der Waals surface area (Å²) >= 11 is 1.42. The van der Waals surface area contributed by atoms with Crippen molar-refractivity contribution in [2.45, 2.75) is 164 Å². The number of carboxylic acids is 1. The predicted octanol–water partition coefficient (Wildman–Crippen LogP) is 2.48. The van der Waals surface area contributed by atoms with Crippen LogP contribution >= 0.6 is 11.8 Å². The summed E-state index contributed by atoms with van der Waals surface area (Å²) in [5.41, 5.74) is 26.0. The molecule has 13 N–H and O–H groups in total. The zero-order valence-corrected chi connectivity index (χ0v) is 62.8. The Morgan fingerprint density at radius 3 is 1.24 bits per heavy atom. The van der Waals surface area contributed by atoms with Gasteiger partial charge in [0.1, 0.15) is 19.1 Å². The number of unbranched alkanes of at least 4 members (excludes halogenated alkanes) is 4. The van der Waals surface area contributed by atoms with Gasteiger partial charge in [0.25, 0.3) is 0 Å². The van der Waals surface area contributed by atoms with Gasteiger partial charge in [-0.15, -0.1) is 0 Å². The maximum Gasteiger partial charge on any atom is 0.326 e. The van der Waals surface area contributed by atoms with E-state index in [1.54, 1.807) is 12.1 Å². The summed E-state index contributed by atoms with van der Waals surface area (Å²) in [4.78, 5) is 156. The number of aliphatic carboxylic acids is 1. The van der Waals surface area contributed by atoms with Gasteiger partial charge in [-0.2, -0.15) is 11.8 Å². The van der Waals surface area contributed by atoms with Gasteiger partial charge in [0, 0.05) is 57.9 Å². The van der Waals surface area contributed by atoms with Gasteiger partial charge in [0.2, 0.25) is 63.2 Å². The molecule has 30 heteroatoms. The molecule has 0 heterocycles. The van der Waals surface area contributed by atoms with Crippen molar-refractivity contribution in [2.75, 3.05) is 136 Å². The minimum Gasteiger partial charge on any atom is -0.480 e. The molecule has 3 aromatic rings. The van der Waals surface area contributed by atoms with E-state index in [0.29, 0.717) is 108 Å². The Balaban J connectivity index is 1.44. The molecule has 2 aliphatic rings. The standard InChI is InChI=1S/C74H117N15O13S2/c1-103-47-36-64(74(99)100)81-65(90)50-82(41-18-14-37-75)67(92)51-83(42-19-15-38-76)69(94)54-86(45-34-58-22-6-2-7-23-58)71(96)55-87(46-35-59-24-8-3-9-25-59)70(95)53-84(43-20-16-39-77)68(93)52-85(44-21-17-40-78)72(97)57-89(62-28-12-5-13-29-62)73(98)56-88(66(91)48-80-61-26-10-4-11-27-61)49-60-30-32-63(33-31-60)104(79,101)102/h2-3,6-9,22-25,30-33,61-62,64,80H,4-5,10-21,26-29,34-57,75-78H2,1H3,(H,81,90)(H,99,100)(H2,79,101,102). The van der Waals surface area contributed by atoms with E-state index in [1.165, 1.54) is 63.1 Å². The molecule has 0 spiro atoms. The first-order chi connectivity index (χ1) is 50.1. The molecule has 0 aliphatic heterocycles. The Labute approximate surface area is 619 Å². The molecule has 0 radical (unpaired) electrons. The minimum atomic E-state index is -4.02. The van der Waals surface area contributed by atoms with Gasteiger partial charge in [-0.3, -0.25) is 43.2 Å². The number of carbonyl (C=O) groups is 10. The Hall–Kier alpha value is -7.58. The molecular weight excluding hydrogens is 1370 g/mol. The van der Waals surface area contributed by atoms with Crippen LogP contribution in [0.15, 0.2) is 89.8 Å². The van der Waals surface area contributed by atoms with Gasteiger partial charge in [-0.25, -0.2) is 18.4 Å². The average molecular weight is 1490 g/mol. The Kier molecular flexibility index (Phi) is 40.6. The third-order valence-corrected chi connectivity index (χ3v) is 20.5. The van der Waals surface area contributed by atoms with E-state index in [1.807, 2.05) is 66.9 Å². The number of benzene rings is 3. The van der Waals surface area contributed by atoms with Crippen LogP contribution in [-0.2, 0) is 77.4 Å². The number of nitrogens with one attached hydrogen (secondary N) is 2. The molecule has 0 bridgehead atoms. The van der Waals surface area contributed by atoms with Crippen LogP contribution in [0.4, 0.5) is 0 Å². The van der Waals surface area contributed by atoms with Crippen molar-refractivity contribution in [3.63, 3.8) is 0 Å². The van der Waals surface area contributed by atoms with Crippen LogP contribution in [0.3, 0.4) is 0 Å². The maximum absolute atomic E-state index is 15.2. The number of nitrogens with zero attached hydrogens (tertiary/aromatic N) is 8. The smallest absolute Gasteiger partial charge is 0.326 e. The molecule has 0 saturated heterocycles. The molecule has 28 nitrogen and oxygen atoms in total. The normalized spacial score (nSPS) is 13.6. The van der Waals surface area contributed by atoms with Crippen LogP contribution < -0.4 is 38.7 Å². The quantitative estimate of drug-likeness (QED) is 0.0376. The first-order valence-corrected chi connectivity index (χ1v) is 40.0. The molecule has 578 valence electrons. The van der Waals surface area contributed by atoms with E-state index in [0.717, 1.165) is 62.5 Å². The number of primary sulfonamides is 1. The molecular formula is C74H117N15O13S2. The number of carboxylic acid groups (broad SMARTS) is 1. The summed E-state index contributed by atoms with van der Waals surface area (Å²) in [6.45, 7) is -2.42. The molecule has 2 fully saturated rings. The number of hydrogen-bond donors (Lipinski definition) is 8. The van der Waals surface area contributed by atoms with Crippen LogP contribution in [0.25, 0.3) is 0 Å². The van der Waals surface area contributed by atoms with Gasteiger partial charge >= 0.3 is 5.97 Å². The predicted molar refractivity (Wildman–Crippen MR) is 402 cm³/mol. The molecule has 0 aromatic heterocycles. The van der Waals surface area contributed by atoms with Crippen LogP contribution in [0, 0.1) is 0 Å². The van der Waals surface area contributed by atoms with Gasteiger partial charge in [0.05, 0.1) is 50.7 Å². The van der Waals surface area contributed by atoms with E-state index in [4.69, 9.17) is 28.1 Å². The van der Waals surface area contributed by atoms with E-state index in [-0.39, 0.29) is 88.2 Å². The highest BCUT2D eigenvalue weighted by atomic mass is 32.2. The monoisotopic (exact) mass is 1490 g/mol. The fourth-order valence-electron chi connectivity index (χ4n) is 12.8.